The molecular weight excluding hydrogens is 293 g/mol. The number of aliphatic hydroxyl groups excluding tert-OH is 1. The fraction of sp³-hybridized carbons (Fsp3) is 0.368. The molecule has 23 heavy (non-hydrogen) atoms. The highest BCUT2D eigenvalue weighted by atomic mass is 19.1. The third-order valence-corrected chi connectivity index (χ3v) is 3.98. The quantitative estimate of drug-likeness (QED) is 0.773. The highest BCUT2D eigenvalue weighted by Gasteiger charge is 2.16. The van der Waals surface area contributed by atoms with Crippen LogP contribution in [0.3, 0.4) is 0 Å². The van der Waals surface area contributed by atoms with Crippen LogP contribution in [-0.2, 0) is 0 Å². The van der Waals surface area contributed by atoms with Crippen molar-refractivity contribution in [2.24, 2.45) is 0 Å². The molecule has 2 N–H and O–H groups in total. The molecule has 2 aromatic rings. The molecular formula is C19H24FNO2. The zero-order chi connectivity index (χ0) is 16.7. The van der Waals surface area contributed by atoms with Crippen molar-refractivity contribution >= 4 is 0 Å². The van der Waals surface area contributed by atoms with Crippen LogP contribution in [0.4, 0.5) is 4.39 Å². The van der Waals surface area contributed by atoms with Crippen molar-refractivity contribution in [3.05, 3.63) is 65.5 Å². The van der Waals surface area contributed by atoms with Gasteiger partial charge in [0.1, 0.15) is 0 Å². The Morgan fingerprint density at radius 1 is 1.13 bits per heavy atom. The molecule has 2 rings (SSSR count). The summed E-state index contributed by atoms with van der Waals surface area (Å²) in [6, 6.07) is 15.2. The van der Waals surface area contributed by atoms with E-state index in [9.17, 15) is 4.39 Å². The Labute approximate surface area is 137 Å². The van der Waals surface area contributed by atoms with Gasteiger partial charge in [0, 0.05) is 18.7 Å². The summed E-state index contributed by atoms with van der Waals surface area (Å²) in [5.41, 5.74) is 2.15. The minimum Gasteiger partial charge on any atom is -0.494 e. The second kappa shape index (κ2) is 8.65. The molecule has 2 aromatic carbocycles. The first-order valence-corrected chi connectivity index (χ1v) is 7.91. The standard InChI is InChI=1S/C19H24FNO2/c1-14(16-10-11-17(20)19(13-16)23-2)21-18(9-6-12-22)15-7-4-3-5-8-15/h3-5,7-8,10-11,13-14,18,21-22H,6,9,12H2,1-2H3. The first-order valence-electron chi connectivity index (χ1n) is 7.91. The molecule has 0 radical (unpaired) electrons. The van der Waals surface area contributed by atoms with Gasteiger partial charge in [-0.1, -0.05) is 36.4 Å². The molecule has 0 heterocycles. The Bertz CT molecular complexity index is 604. The number of hydrogen-bond donors (Lipinski definition) is 2. The Morgan fingerprint density at radius 3 is 2.52 bits per heavy atom. The molecule has 4 heteroatoms. The summed E-state index contributed by atoms with van der Waals surface area (Å²) in [5.74, 6) is -0.105. The van der Waals surface area contributed by atoms with E-state index in [1.165, 1.54) is 18.7 Å². The van der Waals surface area contributed by atoms with E-state index in [2.05, 4.69) is 17.4 Å². The van der Waals surface area contributed by atoms with E-state index >= 15 is 0 Å². The van der Waals surface area contributed by atoms with Gasteiger partial charge in [-0.3, -0.25) is 0 Å². The third kappa shape index (κ3) is 4.78. The largest absolute Gasteiger partial charge is 0.494 e. The number of halogens is 1. The van der Waals surface area contributed by atoms with Crippen molar-refractivity contribution < 1.29 is 14.2 Å². The zero-order valence-electron chi connectivity index (χ0n) is 13.6. The Kier molecular flexibility index (Phi) is 6.56. The minimum absolute atomic E-state index is 0.0356. The lowest BCUT2D eigenvalue weighted by molar-refractivity contribution is 0.272. The summed E-state index contributed by atoms with van der Waals surface area (Å²) in [5, 5.41) is 12.7. The smallest absolute Gasteiger partial charge is 0.165 e. The van der Waals surface area contributed by atoms with Crippen molar-refractivity contribution in [1.29, 1.82) is 0 Å². The molecule has 0 aliphatic carbocycles. The average molecular weight is 317 g/mol. The van der Waals surface area contributed by atoms with E-state index in [-0.39, 0.29) is 30.3 Å². The van der Waals surface area contributed by atoms with Crippen LogP contribution in [0.5, 0.6) is 5.75 Å². The van der Waals surface area contributed by atoms with Gasteiger partial charge in [0.05, 0.1) is 7.11 Å². The Balaban J connectivity index is 2.15. The molecule has 0 aromatic heterocycles. The van der Waals surface area contributed by atoms with Gasteiger partial charge in [0.15, 0.2) is 11.6 Å². The van der Waals surface area contributed by atoms with Gasteiger partial charge in [-0.2, -0.15) is 0 Å². The Morgan fingerprint density at radius 2 is 1.87 bits per heavy atom. The third-order valence-electron chi connectivity index (χ3n) is 3.98. The second-order valence-corrected chi connectivity index (χ2v) is 5.61. The number of nitrogens with one attached hydrogen (secondary N) is 1. The number of ether oxygens (including phenoxy) is 1. The average Bonchev–Trinajstić information content (AvgIpc) is 2.59. The van der Waals surface area contributed by atoms with Gasteiger partial charge in [-0.05, 0) is 43.0 Å². The molecule has 0 spiro atoms. The number of benzene rings is 2. The molecule has 0 bridgehead atoms. The second-order valence-electron chi connectivity index (χ2n) is 5.61. The molecule has 0 aliphatic rings. The summed E-state index contributed by atoms with van der Waals surface area (Å²) < 4.78 is 18.6. The van der Waals surface area contributed by atoms with E-state index in [0.29, 0.717) is 0 Å². The molecule has 2 unspecified atom stereocenters. The number of methoxy groups -OCH3 is 1. The SMILES string of the molecule is COc1cc(C(C)NC(CCCO)c2ccccc2)ccc1F. The maximum absolute atomic E-state index is 13.6. The monoisotopic (exact) mass is 317 g/mol. The number of hydrogen-bond acceptors (Lipinski definition) is 3. The lowest BCUT2D eigenvalue weighted by Crippen LogP contribution is -2.25. The predicted octanol–water partition coefficient (Wildman–Crippen LogP) is 4.00. The first-order chi connectivity index (χ1) is 11.2. The molecule has 3 nitrogen and oxygen atoms in total. The van der Waals surface area contributed by atoms with Crippen LogP contribution >= 0.6 is 0 Å². The lowest BCUT2D eigenvalue weighted by atomic mass is 9.99. The van der Waals surface area contributed by atoms with Crippen molar-refractivity contribution in [3.8, 4) is 5.75 Å². The first kappa shape index (κ1) is 17.4. The molecule has 2 atom stereocenters. The molecule has 0 fully saturated rings. The van der Waals surface area contributed by atoms with Crippen molar-refractivity contribution in [2.45, 2.75) is 31.8 Å². The van der Waals surface area contributed by atoms with Gasteiger partial charge in [0.2, 0.25) is 0 Å². The van der Waals surface area contributed by atoms with E-state index in [1.807, 2.05) is 25.1 Å². The summed E-state index contributed by atoms with van der Waals surface area (Å²) in [6.07, 6.45) is 1.56. The van der Waals surface area contributed by atoms with E-state index in [4.69, 9.17) is 9.84 Å². The van der Waals surface area contributed by atoms with Crippen LogP contribution in [-0.4, -0.2) is 18.8 Å². The van der Waals surface area contributed by atoms with Crippen LogP contribution in [0.1, 0.15) is 43.0 Å². The van der Waals surface area contributed by atoms with Gasteiger partial charge in [-0.25, -0.2) is 4.39 Å². The normalized spacial score (nSPS) is 13.6. The molecule has 124 valence electrons. The van der Waals surface area contributed by atoms with Crippen molar-refractivity contribution in [1.82, 2.24) is 5.32 Å². The summed E-state index contributed by atoms with van der Waals surface area (Å²) in [7, 11) is 1.47. The van der Waals surface area contributed by atoms with E-state index in [0.717, 1.165) is 18.4 Å². The topological polar surface area (TPSA) is 41.5 Å². The van der Waals surface area contributed by atoms with Gasteiger partial charge < -0.3 is 15.2 Å². The number of rotatable bonds is 8. The maximum Gasteiger partial charge on any atom is 0.165 e. The van der Waals surface area contributed by atoms with Crippen molar-refractivity contribution in [2.75, 3.05) is 13.7 Å². The minimum atomic E-state index is -0.358. The molecule has 0 saturated heterocycles. The van der Waals surface area contributed by atoms with Crippen LogP contribution < -0.4 is 10.1 Å². The van der Waals surface area contributed by atoms with Gasteiger partial charge in [0.25, 0.3) is 0 Å². The van der Waals surface area contributed by atoms with Crippen LogP contribution in [0.15, 0.2) is 48.5 Å². The molecule has 0 aliphatic heterocycles. The van der Waals surface area contributed by atoms with Gasteiger partial charge in [-0.15, -0.1) is 0 Å². The van der Waals surface area contributed by atoms with Crippen LogP contribution in [0.2, 0.25) is 0 Å². The molecule has 0 amide bonds. The summed E-state index contributed by atoms with van der Waals surface area (Å²) >= 11 is 0. The van der Waals surface area contributed by atoms with E-state index < -0.39 is 0 Å². The highest BCUT2D eigenvalue weighted by Crippen LogP contribution is 2.26. The fourth-order valence-corrected chi connectivity index (χ4v) is 2.67. The lowest BCUT2D eigenvalue weighted by Gasteiger charge is -2.24. The maximum atomic E-state index is 13.6. The van der Waals surface area contributed by atoms with Crippen LogP contribution in [0.25, 0.3) is 0 Å². The van der Waals surface area contributed by atoms with Crippen LogP contribution in [0, 0.1) is 5.82 Å². The number of aliphatic hydroxyl groups is 1. The fourth-order valence-electron chi connectivity index (χ4n) is 2.67. The summed E-state index contributed by atoms with van der Waals surface area (Å²) in [6.45, 7) is 2.21. The molecule has 0 saturated carbocycles. The zero-order valence-corrected chi connectivity index (χ0v) is 13.6. The van der Waals surface area contributed by atoms with Gasteiger partial charge >= 0.3 is 0 Å². The highest BCUT2D eigenvalue weighted by molar-refractivity contribution is 5.32. The van der Waals surface area contributed by atoms with Crippen molar-refractivity contribution in [3.63, 3.8) is 0 Å². The summed E-state index contributed by atoms with van der Waals surface area (Å²) in [4.78, 5) is 0. The predicted molar refractivity (Wildman–Crippen MR) is 90.0 cm³/mol. The van der Waals surface area contributed by atoms with E-state index in [1.54, 1.807) is 12.1 Å². The Hall–Kier alpha value is -1.91.